The normalized spacial score (nSPS) is 17.7. The molecule has 0 aliphatic carbocycles. The van der Waals surface area contributed by atoms with E-state index in [-0.39, 0.29) is 10.8 Å². The van der Waals surface area contributed by atoms with Gasteiger partial charge in [-0.15, -0.1) is 0 Å². The van der Waals surface area contributed by atoms with Crippen LogP contribution in [0.2, 0.25) is 0 Å². The lowest BCUT2D eigenvalue weighted by Crippen LogP contribution is -2.36. The third-order valence-electron chi connectivity index (χ3n) is 6.77. The van der Waals surface area contributed by atoms with Gasteiger partial charge in [-0.05, 0) is 62.3 Å². The number of hydrogen-bond acceptors (Lipinski definition) is 4. The van der Waals surface area contributed by atoms with Gasteiger partial charge in [-0.2, -0.15) is 4.31 Å². The van der Waals surface area contributed by atoms with Crippen LogP contribution in [0.1, 0.15) is 54.4 Å². The minimum absolute atomic E-state index is 0.123. The number of sulfonamides is 1. The Labute approximate surface area is 198 Å². The molecule has 33 heavy (non-hydrogen) atoms. The number of amides is 1. The predicted molar refractivity (Wildman–Crippen MR) is 132 cm³/mol. The van der Waals surface area contributed by atoms with Gasteiger partial charge in [-0.25, -0.2) is 8.42 Å². The fraction of sp³-hybridized carbons (Fsp3) is 0.500. The van der Waals surface area contributed by atoms with E-state index < -0.39 is 10.0 Å². The monoisotopic (exact) mass is 469 g/mol. The summed E-state index contributed by atoms with van der Waals surface area (Å²) in [5.41, 5.74) is 2.52. The molecule has 1 amide bonds. The number of carbonyl (C=O) groups excluding carboxylic acids is 1. The first-order valence-electron chi connectivity index (χ1n) is 12.2. The zero-order valence-electron chi connectivity index (χ0n) is 19.6. The Kier molecular flexibility index (Phi) is 7.71. The van der Waals surface area contributed by atoms with Gasteiger partial charge in [0.25, 0.3) is 5.91 Å². The highest BCUT2D eigenvalue weighted by Crippen LogP contribution is 2.30. The molecule has 2 heterocycles. The lowest BCUT2D eigenvalue weighted by Gasteiger charge is -2.32. The van der Waals surface area contributed by atoms with E-state index in [1.165, 1.54) is 12.0 Å². The van der Waals surface area contributed by atoms with Crippen molar-refractivity contribution in [2.45, 2.75) is 49.8 Å². The highest BCUT2D eigenvalue weighted by atomic mass is 32.2. The molecule has 0 unspecified atom stereocenters. The molecule has 0 N–H and O–H groups in total. The number of nitrogens with zero attached hydrogens (tertiary/aromatic N) is 3. The van der Waals surface area contributed by atoms with Crippen molar-refractivity contribution in [1.82, 2.24) is 9.21 Å². The van der Waals surface area contributed by atoms with Crippen LogP contribution < -0.4 is 4.90 Å². The zero-order chi connectivity index (χ0) is 23.3. The second kappa shape index (κ2) is 10.7. The van der Waals surface area contributed by atoms with Crippen LogP contribution in [-0.4, -0.2) is 63.3 Å². The molecule has 0 aromatic heterocycles. The van der Waals surface area contributed by atoms with Gasteiger partial charge in [0, 0.05) is 45.5 Å². The second-order valence-corrected chi connectivity index (χ2v) is 11.1. The van der Waals surface area contributed by atoms with Gasteiger partial charge < -0.3 is 9.80 Å². The summed E-state index contributed by atoms with van der Waals surface area (Å²) in [4.78, 5) is 17.8. The van der Waals surface area contributed by atoms with Crippen LogP contribution in [0.25, 0.3) is 0 Å². The second-order valence-electron chi connectivity index (χ2n) is 9.15. The molecule has 2 aliphatic heterocycles. The van der Waals surface area contributed by atoms with Crippen molar-refractivity contribution in [2.24, 2.45) is 0 Å². The van der Waals surface area contributed by atoms with Crippen LogP contribution in [0.5, 0.6) is 0 Å². The summed E-state index contributed by atoms with van der Waals surface area (Å²) >= 11 is 0. The molecule has 2 fully saturated rings. The maximum Gasteiger partial charge on any atom is 0.255 e. The Bertz CT molecular complexity index is 1040. The summed E-state index contributed by atoms with van der Waals surface area (Å²) in [5.74, 6) is -0.123. The summed E-state index contributed by atoms with van der Waals surface area (Å²) < 4.78 is 28.2. The van der Waals surface area contributed by atoms with Crippen molar-refractivity contribution >= 4 is 21.6 Å². The summed E-state index contributed by atoms with van der Waals surface area (Å²) in [5, 5.41) is 0. The van der Waals surface area contributed by atoms with Gasteiger partial charge >= 0.3 is 0 Å². The van der Waals surface area contributed by atoms with E-state index >= 15 is 0 Å². The Hall–Kier alpha value is -2.38. The lowest BCUT2D eigenvalue weighted by atomic mass is 10.1. The van der Waals surface area contributed by atoms with Gasteiger partial charge in [0.2, 0.25) is 10.0 Å². The first kappa shape index (κ1) is 23.8. The van der Waals surface area contributed by atoms with Crippen LogP contribution in [0.3, 0.4) is 0 Å². The van der Waals surface area contributed by atoms with E-state index in [9.17, 15) is 13.2 Å². The molecule has 7 heteroatoms. The molecular weight excluding hydrogens is 434 g/mol. The first-order valence-corrected chi connectivity index (χ1v) is 13.6. The molecule has 178 valence electrons. The molecule has 0 atom stereocenters. The SMILES string of the molecule is CN(CCc1ccccc1)C(=O)c1cc(S(=O)(=O)N2CCCCC2)ccc1N1CCCCC1. The van der Waals surface area contributed by atoms with E-state index in [1.807, 2.05) is 24.3 Å². The molecule has 2 aliphatic rings. The summed E-state index contributed by atoms with van der Waals surface area (Å²) in [6.45, 7) is 3.47. The maximum absolute atomic E-state index is 13.6. The number of carbonyl (C=O) groups is 1. The highest BCUT2D eigenvalue weighted by molar-refractivity contribution is 7.89. The number of anilines is 1. The lowest BCUT2D eigenvalue weighted by molar-refractivity contribution is 0.0797. The minimum atomic E-state index is -3.60. The molecule has 0 spiro atoms. The fourth-order valence-electron chi connectivity index (χ4n) is 4.76. The van der Waals surface area contributed by atoms with Gasteiger partial charge in [-0.1, -0.05) is 36.8 Å². The molecule has 0 radical (unpaired) electrons. The van der Waals surface area contributed by atoms with E-state index in [4.69, 9.17) is 0 Å². The number of hydrogen-bond donors (Lipinski definition) is 0. The average molecular weight is 470 g/mol. The van der Waals surface area contributed by atoms with Gasteiger partial charge in [0.05, 0.1) is 10.5 Å². The van der Waals surface area contributed by atoms with Crippen LogP contribution >= 0.6 is 0 Å². The third-order valence-corrected chi connectivity index (χ3v) is 8.67. The van der Waals surface area contributed by atoms with Crippen molar-refractivity contribution in [1.29, 1.82) is 0 Å². The predicted octanol–water partition coefficient (Wildman–Crippen LogP) is 4.17. The fourth-order valence-corrected chi connectivity index (χ4v) is 6.30. The van der Waals surface area contributed by atoms with Crippen LogP contribution in [0.4, 0.5) is 5.69 Å². The number of likely N-dealkylation sites (N-methyl/N-ethyl adjacent to an activating group) is 1. The molecule has 2 aromatic rings. The third kappa shape index (κ3) is 5.58. The van der Waals surface area contributed by atoms with Gasteiger partial charge in [-0.3, -0.25) is 4.79 Å². The maximum atomic E-state index is 13.6. The van der Waals surface area contributed by atoms with Crippen molar-refractivity contribution in [3.63, 3.8) is 0 Å². The standard InChI is InChI=1S/C26H35N3O3S/c1-27(20-15-22-11-5-2-6-12-22)26(30)24-21-23(33(31,32)29-18-9-4-10-19-29)13-14-25(24)28-16-7-3-8-17-28/h2,5-6,11-14,21H,3-4,7-10,15-20H2,1H3. The minimum Gasteiger partial charge on any atom is -0.371 e. The zero-order valence-corrected chi connectivity index (χ0v) is 20.4. The van der Waals surface area contributed by atoms with Crippen molar-refractivity contribution in [3.05, 3.63) is 59.7 Å². The van der Waals surface area contributed by atoms with Crippen LogP contribution in [0.15, 0.2) is 53.4 Å². The highest BCUT2D eigenvalue weighted by Gasteiger charge is 2.29. The van der Waals surface area contributed by atoms with E-state index in [0.717, 1.165) is 57.3 Å². The van der Waals surface area contributed by atoms with Crippen LogP contribution in [-0.2, 0) is 16.4 Å². The summed E-state index contributed by atoms with van der Waals surface area (Å²) in [6, 6.07) is 15.3. The molecular formula is C26H35N3O3S. The number of benzene rings is 2. The molecule has 0 saturated carbocycles. The topological polar surface area (TPSA) is 60.9 Å². The van der Waals surface area contributed by atoms with E-state index in [2.05, 4.69) is 17.0 Å². The molecule has 2 saturated heterocycles. The van der Waals surface area contributed by atoms with Crippen molar-refractivity contribution in [3.8, 4) is 0 Å². The average Bonchev–Trinajstić information content (AvgIpc) is 2.88. The Morgan fingerprint density at radius 2 is 1.52 bits per heavy atom. The van der Waals surface area contributed by atoms with Crippen molar-refractivity contribution < 1.29 is 13.2 Å². The largest absolute Gasteiger partial charge is 0.371 e. The Balaban J connectivity index is 1.62. The molecule has 6 nitrogen and oxygen atoms in total. The summed E-state index contributed by atoms with van der Waals surface area (Å²) in [6.07, 6.45) is 6.97. The quantitative estimate of drug-likeness (QED) is 0.611. The van der Waals surface area contributed by atoms with E-state index in [1.54, 1.807) is 28.4 Å². The molecule has 0 bridgehead atoms. The Morgan fingerprint density at radius 1 is 0.879 bits per heavy atom. The molecule has 4 rings (SSSR count). The first-order chi connectivity index (χ1) is 16.0. The number of piperidine rings is 2. The number of rotatable bonds is 7. The van der Waals surface area contributed by atoms with Crippen LogP contribution in [0, 0.1) is 0 Å². The van der Waals surface area contributed by atoms with Gasteiger partial charge in [0.15, 0.2) is 0 Å². The van der Waals surface area contributed by atoms with E-state index in [0.29, 0.717) is 25.2 Å². The molecule has 2 aromatic carbocycles. The van der Waals surface area contributed by atoms with Gasteiger partial charge in [0.1, 0.15) is 0 Å². The smallest absolute Gasteiger partial charge is 0.255 e. The summed E-state index contributed by atoms with van der Waals surface area (Å²) in [7, 11) is -1.80. The Morgan fingerprint density at radius 3 is 2.18 bits per heavy atom. The van der Waals surface area contributed by atoms with Crippen molar-refractivity contribution in [2.75, 3.05) is 44.7 Å².